The van der Waals surface area contributed by atoms with E-state index in [0.29, 0.717) is 5.56 Å². The Morgan fingerprint density at radius 1 is 1.05 bits per heavy atom. The maximum Gasteiger partial charge on any atom is 0.416 e. The summed E-state index contributed by atoms with van der Waals surface area (Å²) < 4.78 is 37.6. The van der Waals surface area contributed by atoms with Gasteiger partial charge in [0.05, 0.1) is 11.5 Å². The number of benzene rings is 2. The Morgan fingerprint density at radius 3 is 2.14 bits per heavy atom. The summed E-state index contributed by atoms with van der Waals surface area (Å²) in [4.78, 5) is 11.3. The SMILES string of the molecule is O=C(O)C(CNc1ccccc1)c1ccc(C(F)(F)F)cc1. The molecule has 2 aromatic carbocycles. The van der Waals surface area contributed by atoms with Gasteiger partial charge in [0.25, 0.3) is 0 Å². The van der Waals surface area contributed by atoms with Crippen LogP contribution in [0, 0.1) is 0 Å². The number of alkyl halides is 3. The third-order valence-electron chi connectivity index (χ3n) is 3.22. The highest BCUT2D eigenvalue weighted by Crippen LogP contribution is 2.30. The van der Waals surface area contributed by atoms with E-state index in [9.17, 15) is 23.1 Å². The van der Waals surface area contributed by atoms with Gasteiger partial charge in [0.1, 0.15) is 0 Å². The van der Waals surface area contributed by atoms with Crippen molar-refractivity contribution in [2.45, 2.75) is 12.1 Å². The van der Waals surface area contributed by atoms with Crippen molar-refractivity contribution in [3.63, 3.8) is 0 Å². The molecule has 3 nitrogen and oxygen atoms in total. The molecule has 0 saturated carbocycles. The first-order chi connectivity index (χ1) is 10.4. The van der Waals surface area contributed by atoms with Gasteiger partial charge >= 0.3 is 12.1 Å². The number of carboxylic acids is 1. The lowest BCUT2D eigenvalue weighted by Crippen LogP contribution is -2.21. The van der Waals surface area contributed by atoms with E-state index in [1.54, 1.807) is 24.3 Å². The zero-order chi connectivity index (χ0) is 16.2. The van der Waals surface area contributed by atoms with Crippen LogP contribution in [-0.4, -0.2) is 17.6 Å². The lowest BCUT2D eigenvalue weighted by molar-refractivity contribution is -0.138. The van der Waals surface area contributed by atoms with E-state index < -0.39 is 23.6 Å². The van der Waals surface area contributed by atoms with Crippen molar-refractivity contribution in [2.24, 2.45) is 0 Å². The largest absolute Gasteiger partial charge is 0.481 e. The number of para-hydroxylation sites is 1. The van der Waals surface area contributed by atoms with Gasteiger partial charge in [0, 0.05) is 12.2 Å². The van der Waals surface area contributed by atoms with Crippen molar-refractivity contribution >= 4 is 11.7 Å². The van der Waals surface area contributed by atoms with E-state index in [0.717, 1.165) is 17.8 Å². The Bertz CT molecular complexity index is 624. The van der Waals surface area contributed by atoms with Crippen LogP contribution in [0.5, 0.6) is 0 Å². The molecule has 1 unspecified atom stereocenters. The van der Waals surface area contributed by atoms with Crippen molar-refractivity contribution in [3.8, 4) is 0 Å². The molecule has 0 bridgehead atoms. The standard InChI is InChI=1S/C16H14F3NO2/c17-16(18,19)12-8-6-11(7-9-12)14(15(21)22)10-20-13-4-2-1-3-5-13/h1-9,14,20H,10H2,(H,21,22). The van der Waals surface area contributed by atoms with Crippen molar-refractivity contribution in [3.05, 3.63) is 65.7 Å². The molecule has 0 aliphatic carbocycles. The third-order valence-corrected chi connectivity index (χ3v) is 3.22. The fraction of sp³-hybridized carbons (Fsp3) is 0.188. The van der Waals surface area contributed by atoms with Crippen LogP contribution in [0.4, 0.5) is 18.9 Å². The molecule has 6 heteroatoms. The second-order valence-corrected chi connectivity index (χ2v) is 4.76. The number of nitrogens with one attached hydrogen (secondary N) is 1. The minimum absolute atomic E-state index is 0.0880. The van der Waals surface area contributed by atoms with Gasteiger partial charge < -0.3 is 10.4 Å². The Morgan fingerprint density at radius 2 is 1.64 bits per heavy atom. The Labute approximate surface area is 125 Å². The first kappa shape index (κ1) is 15.9. The van der Waals surface area contributed by atoms with E-state index in [-0.39, 0.29) is 6.54 Å². The average Bonchev–Trinajstić information content (AvgIpc) is 2.48. The van der Waals surface area contributed by atoms with Gasteiger partial charge in [-0.3, -0.25) is 4.79 Å². The number of rotatable bonds is 5. The number of carboxylic acid groups (broad SMARTS) is 1. The maximum absolute atomic E-state index is 12.5. The number of aliphatic carboxylic acids is 1. The Kier molecular flexibility index (Phi) is 4.70. The molecule has 0 saturated heterocycles. The van der Waals surface area contributed by atoms with Crippen LogP contribution in [-0.2, 0) is 11.0 Å². The molecule has 22 heavy (non-hydrogen) atoms. The fourth-order valence-electron chi connectivity index (χ4n) is 2.03. The van der Waals surface area contributed by atoms with Gasteiger partial charge in [0.2, 0.25) is 0 Å². The van der Waals surface area contributed by atoms with Crippen LogP contribution in [0.1, 0.15) is 17.0 Å². The second-order valence-electron chi connectivity index (χ2n) is 4.76. The van der Waals surface area contributed by atoms with E-state index in [1.165, 1.54) is 12.1 Å². The first-order valence-electron chi connectivity index (χ1n) is 6.57. The predicted octanol–water partition coefficient (Wildman–Crippen LogP) is 3.99. The lowest BCUT2D eigenvalue weighted by Gasteiger charge is -2.15. The number of carbonyl (C=O) groups is 1. The molecular formula is C16H14F3NO2. The van der Waals surface area contributed by atoms with Crippen molar-refractivity contribution in [1.29, 1.82) is 0 Å². The van der Waals surface area contributed by atoms with Crippen LogP contribution in [0.3, 0.4) is 0 Å². The number of halogens is 3. The molecule has 0 radical (unpaired) electrons. The van der Waals surface area contributed by atoms with Crippen molar-refractivity contribution in [1.82, 2.24) is 0 Å². The summed E-state index contributed by atoms with van der Waals surface area (Å²) in [6.07, 6.45) is -4.43. The van der Waals surface area contributed by atoms with E-state index >= 15 is 0 Å². The summed E-state index contributed by atoms with van der Waals surface area (Å²) in [6, 6.07) is 13.2. The Balaban J connectivity index is 2.13. The highest BCUT2D eigenvalue weighted by atomic mass is 19.4. The topological polar surface area (TPSA) is 49.3 Å². The summed E-state index contributed by atoms with van der Waals surface area (Å²) in [5.41, 5.74) is 0.279. The quantitative estimate of drug-likeness (QED) is 0.878. The summed E-state index contributed by atoms with van der Waals surface area (Å²) in [5.74, 6) is -2.02. The first-order valence-corrected chi connectivity index (χ1v) is 6.57. The fourth-order valence-corrected chi connectivity index (χ4v) is 2.03. The third kappa shape index (κ3) is 4.00. The van der Waals surface area contributed by atoms with Gasteiger partial charge in [-0.1, -0.05) is 30.3 Å². The number of hydrogen-bond donors (Lipinski definition) is 2. The molecule has 0 aliphatic rings. The highest BCUT2D eigenvalue weighted by Gasteiger charge is 2.30. The molecule has 2 rings (SSSR count). The van der Waals surface area contributed by atoms with E-state index in [2.05, 4.69) is 5.32 Å². The molecule has 0 aromatic heterocycles. The van der Waals surface area contributed by atoms with Crippen LogP contribution in [0.15, 0.2) is 54.6 Å². The maximum atomic E-state index is 12.5. The average molecular weight is 309 g/mol. The molecule has 2 aromatic rings. The molecule has 0 amide bonds. The molecule has 116 valence electrons. The minimum atomic E-state index is -4.43. The minimum Gasteiger partial charge on any atom is -0.481 e. The molecule has 2 N–H and O–H groups in total. The summed E-state index contributed by atoms with van der Waals surface area (Å²) in [7, 11) is 0. The molecular weight excluding hydrogens is 295 g/mol. The van der Waals surface area contributed by atoms with Gasteiger partial charge in [-0.25, -0.2) is 0 Å². The van der Waals surface area contributed by atoms with Crippen LogP contribution in [0.2, 0.25) is 0 Å². The zero-order valence-electron chi connectivity index (χ0n) is 11.5. The molecule has 1 atom stereocenters. The highest BCUT2D eigenvalue weighted by molar-refractivity contribution is 5.77. The second kappa shape index (κ2) is 6.51. The Hall–Kier alpha value is -2.50. The molecule has 0 aliphatic heterocycles. The smallest absolute Gasteiger partial charge is 0.416 e. The van der Waals surface area contributed by atoms with Crippen LogP contribution >= 0.6 is 0 Å². The predicted molar refractivity (Wildman–Crippen MR) is 76.8 cm³/mol. The zero-order valence-corrected chi connectivity index (χ0v) is 11.5. The van der Waals surface area contributed by atoms with Crippen molar-refractivity contribution < 1.29 is 23.1 Å². The number of anilines is 1. The molecule has 0 spiro atoms. The van der Waals surface area contributed by atoms with Gasteiger partial charge in [-0.05, 0) is 29.8 Å². The van der Waals surface area contributed by atoms with Crippen LogP contribution in [0.25, 0.3) is 0 Å². The van der Waals surface area contributed by atoms with Gasteiger partial charge in [-0.2, -0.15) is 13.2 Å². The summed E-state index contributed by atoms with van der Waals surface area (Å²) in [5, 5.41) is 12.2. The molecule has 0 heterocycles. The van der Waals surface area contributed by atoms with Crippen LogP contribution < -0.4 is 5.32 Å². The number of hydrogen-bond acceptors (Lipinski definition) is 2. The van der Waals surface area contributed by atoms with E-state index in [4.69, 9.17) is 0 Å². The lowest BCUT2D eigenvalue weighted by atomic mass is 9.97. The van der Waals surface area contributed by atoms with E-state index in [1.807, 2.05) is 6.07 Å². The van der Waals surface area contributed by atoms with Gasteiger partial charge in [-0.15, -0.1) is 0 Å². The summed E-state index contributed by atoms with van der Waals surface area (Å²) >= 11 is 0. The molecule has 0 fully saturated rings. The van der Waals surface area contributed by atoms with Gasteiger partial charge in [0.15, 0.2) is 0 Å². The summed E-state index contributed by atoms with van der Waals surface area (Å²) in [6.45, 7) is 0.0880. The normalized spacial score (nSPS) is 12.7. The monoisotopic (exact) mass is 309 g/mol. The van der Waals surface area contributed by atoms with Crippen molar-refractivity contribution in [2.75, 3.05) is 11.9 Å².